The largest absolute Gasteiger partial charge is 0.452 e. The van der Waals surface area contributed by atoms with Crippen LogP contribution in [0.15, 0.2) is 54.6 Å². The van der Waals surface area contributed by atoms with E-state index in [0.29, 0.717) is 5.56 Å². The number of esters is 1. The van der Waals surface area contributed by atoms with Crippen LogP contribution in [0.2, 0.25) is 0 Å². The molecule has 0 saturated carbocycles. The van der Waals surface area contributed by atoms with Crippen LogP contribution in [0.1, 0.15) is 15.9 Å². The van der Waals surface area contributed by atoms with Crippen molar-refractivity contribution in [2.45, 2.75) is 5.75 Å². The molecule has 1 fully saturated rings. The van der Waals surface area contributed by atoms with Crippen molar-refractivity contribution in [3.05, 3.63) is 71.5 Å². The fourth-order valence-electron chi connectivity index (χ4n) is 3.01. The number of benzene rings is 2. The smallest absolute Gasteiger partial charge is 0.338 e. The summed E-state index contributed by atoms with van der Waals surface area (Å²) in [6.45, 7) is 0.304. The molecular weight excluding hydrogens is 399 g/mol. The highest BCUT2D eigenvalue weighted by Crippen LogP contribution is 2.14. The van der Waals surface area contributed by atoms with Gasteiger partial charge >= 0.3 is 5.97 Å². The molecule has 0 bridgehead atoms. The Balaban J connectivity index is 1.48. The van der Waals surface area contributed by atoms with Crippen molar-refractivity contribution in [3.63, 3.8) is 0 Å². The number of sulfonamides is 1. The molecule has 0 unspecified atom stereocenters. The van der Waals surface area contributed by atoms with E-state index in [1.165, 1.54) is 27.4 Å². The van der Waals surface area contributed by atoms with Gasteiger partial charge in [0.2, 0.25) is 10.0 Å². The van der Waals surface area contributed by atoms with Gasteiger partial charge in [-0.05, 0) is 23.8 Å². The average molecular weight is 420 g/mol. The van der Waals surface area contributed by atoms with Crippen LogP contribution in [-0.2, 0) is 25.3 Å². The first-order valence-corrected chi connectivity index (χ1v) is 10.7. The maximum absolute atomic E-state index is 13.2. The average Bonchev–Trinajstić information content (AvgIpc) is 2.72. The topological polar surface area (TPSA) is 84.0 Å². The van der Waals surface area contributed by atoms with E-state index in [1.54, 1.807) is 24.3 Å². The minimum absolute atomic E-state index is 0.0228. The number of hydrogen-bond donors (Lipinski definition) is 0. The molecule has 3 rings (SSSR count). The van der Waals surface area contributed by atoms with Crippen LogP contribution in [-0.4, -0.2) is 62.3 Å². The minimum Gasteiger partial charge on any atom is -0.452 e. The van der Waals surface area contributed by atoms with E-state index in [9.17, 15) is 22.4 Å². The van der Waals surface area contributed by atoms with E-state index in [0.717, 1.165) is 6.07 Å². The maximum Gasteiger partial charge on any atom is 0.338 e. The zero-order valence-corrected chi connectivity index (χ0v) is 16.5. The predicted molar refractivity (Wildman–Crippen MR) is 104 cm³/mol. The van der Waals surface area contributed by atoms with E-state index >= 15 is 0 Å². The molecule has 0 atom stereocenters. The number of nitrogens with zero attached hydrogens (tertiary/aromatic N) is 2. The normalized spacial score (nSPS) is 15.1. The van der Waals surface area contributed by atoms with Crippen LogP contribution in [0.5, 0.6) is 0 Å². The molecule has 0 radical (unpaired) electrons. The van der Waals surface area contributed by atoms with E-state index < -0.39 is 34.3 Å². The molecule has 7 nitrogen and oxygen atoms in total. The number of carbonyl (C=O) groups excluding carboxylic acids is 2. The fourth-order valence-corrected chi connectivity index (χ4v) is 4.53. The Kier molecular flexibility index (Phi) is 6.60. The van der Waals surface area contributed by atoms with Crippen LogP contribution in [0.25, 0.3) is 0 Å². The molecule has 0 aliphatic carbocycles. The molecule has 0 N–H and O–H groups in total. The van der Waals surface area contributed by atoms with Crippen LogP contribution >= 0.6 is 0 Å². The van der Waals surface area contributed by atoms with E-state index in [1.807, 2.05) is 6.07 Å². The maximum atomic E-state index is 13.2. The molecule has 9 heteroatoms. The summed E-state index contributed by atoms with van der Waals surface area (Å²) >= 11 is 0. The number of halogens is 1. The van der Waals surface area contributed by atoms with Crippen molar-refractivity contribution in [3.8, 4) is 0 Å². The summed E-state index contributed by atoms with van der Waals surface area (Å²) in [5.74, 6) is -1.87. The monoisotopic (exact) mass is 420 g/mol. The Morgan fingerprint density at radius 2 is 1.66 bits per heavy atom. The molecule has 29 heavy (non-hydrogen) atoms. The predicted octanol–water partition coefficient (Wildman–Crippen LogP) is 1.66. The van der Waals surface area contributed by atoms with Crippen molar-refractivity contribution in [2.75, 3.05) is 32.8 Å². The third kappa shape index (κ3) is 5.61. The second kappa shape index (κ2) is 9.15. The number of carbonyl (C=O) groups is 2. The van der Waals surface area contributed by atoms with Crippen molar-refractivity contribution in [1.82, 2.24) is 9.21 Å². The molecule has 2 aromatic carbocycles. The van der Waals surface area contributed by atoms with Gasteiger partial charge in [0.05, 0.1) is 11.3 Å². The first kappa shape index (κ1) is 20.9. The Morgan fingerprint density at radius 1 is 0.966 bits per heavy atom. The zero-order valence-electron chi connectivity index (χ0n) is 15.7. The van der Waals surface area contributed by atoms with Crippen LogP contribution in [0.4, 0.5) is 4.39 Å². The second-order valence-electron chi connectivity index (χ2n) is 6.61. The highest BCUT2D eigenvalue weighted by atomic mass is 32.2. The molecule has 0 aromatic heterocycles. The van der Waals surface area contributed by atoms with Gasteiger partial charge in [-0.2, -0.15) is 4.31 Å². The summed E-state index contributed by atoms with van der Waals surface area (Å²) in [5, 5.41) is 0. The van der Waals surface area contributed by atoms with Gasteiger partial charge in [0.25, 0.3) is 5.91 Å². The number of piperazine rings is 1. The fraction of sp³-hybridized carbons (Fsp3) is 0.300. The quantitative estimate of drug-likeness (QED) is 0.664. The van der Waals surface area contributed by atoms with Crippen LogP contribution < -0.4 is 0 Å². The molecule has 1 amide bonds. The van der Waals surface area contributed by atoms with Gasteiger partial charge in [-0.25, -0.2) is 17.6 Å². The van der Waals surface area contributed by atoms with Gasteiger partial charge in [0.1, 0.15) is 5.82 Å². The van der Waals surface area contributed by atoms with Gasteiger partial charge in [0.15, 0.2) is 6.61 Å². The molecular formula is C20H21FN2O5S. The van der Waals surface area contributed by atoms with Crippen LogP contribution in [0.3, 0.4) is 0 Å². The summed E-state index contributed by atoms with van der Waals surface area (Å²) < 4.78 is 44.6. The van der Waals surface area contributed by atoms with Crippen molar-refractivity contribution < 1.29 is 27.1 Å². The van der Waals surface area contributed by atoms with Gasteiger partial charge in [-0.1, -0.05) is 36.4 Å². The first-order valence-electron chi connectivity index (χ1n) is 9.07. The summed E-state index contributed by atoms with van der Waals surface area (Å²) in [6, 6.07) is 13.9. The molecule has 0 spiro atoms. The van der Waals surface area contributed by atoms with Crippen molar-refractivity contribution >= 4 is 21.9 Å². The van der Waals surface area contributed by atoms with Crippen molar-refractivity contribution in [1.29, 1.82) is 0 Å². The van der Waals surface area contributed by atoms with Gasteiger partial charge in [-0.15, -0.1) is 0 Å². The number of amides is 1. The molecule has 1 saturated heterocycles. The van der Waals surface area contributed by atoms with Gasteiger partial charge in [0, 0.05) is 26.2 Å². The Labute approximate surface area is 168 Å². The Morgan fingerprint density at radius 3 is 2.31 bits per heavy atom. The molecule has 154 valence electrons. The van der Waals surface area contributed by atoms with Crippen molar-refractivity contribution in [2.24, 2.45) is 0 Å². The standard InChI is InChI=1S/C20H21FN2O5S/c21-18-8-4-7-17(13-18)20(25)28-14-19(24)22-9-11-23(12-10-22)29(26,27)15-16-5-2-1-3-6-16/h1-8,13H,9-12,14-15H2. The highest BCUT2D eigenvalue weighted by Gasteiger charge is 2.29. The second-order valence-corrected chi connectivity index (χ2v) is 8.58. The summed E-state index contributed by atoms with van der Waals surface area (Å²) in [6.07, 6.45) is 0. The summed E-state index contributed by atoms with van der Waals surface area (Å²) in [4.78, 5) is 25.6. The third-order valence-corrected chi connectivity index (χ3v) is 6.41. The minimum atomic E-state index is -3.48. The lowest BCUT2D eigenvalue weighted by Crippen LogP contribution is -2.51. The first-order chi connectivity index (χ1) is 13.8. The third-order valence-electron chi connectivity index (χ3n) is 4.56. The summed E-state index contributed by atoms with van der Waals surface area (Å²) in [5.41, 5.74) is 0.727. The molecule has 1 aliphatic rings. The molecule has 1 heterocycles. The van der Waals surface area contributed by atoms with Gasteiger partial charge < -0.3 is 9.64 Å². The zero-order chi connectivity index (χ0) is 20.9. The lowest BCUT2D eigenvalue weighted by atomic mass is 10.2. The Bertz CT molecular complexity index is 973. The number of hydrogen-bond acceptors (Lipinski definition) is 5. The SMILES string of the molecule is O=C(OCC(=O)N1CCN(S(=O)(=O)Cc2ccccc2)CC1)c1cccc(F)c1. The van der Waals surface area contributed by atoms with Gasteiger partial charge in [-0.3, -0.25) is 4.79 Å². The van der Waals surface area contributed by atoms with E-state index in [2.05, 4.69) is 0 Å². The van der Waals surface area contributed by atoms with E-state index in [-0.39, 0.29) is 37.5 Å². The summed E-state index contributed by atoms with van der Waals surface area (Å²) in [7, 11) is -3.48. The molecule has 2 aromatic rings. The molecule has 1 aliphatic heterocycles. The number of ether oxygens (including phenoxy) is 1. The lowest BCUT2D eigenvalue weighted by Gasteiger charge is -2.33. The highest BCUT2D eigenvalue weighted by molar-refractivity contribution is 7.88. The number of rotatable bonds is 6. The van der Waals surface area contributed by atoms with E-state index in [4.69, 9.17) is 4.74 Å². The lowest BCUT2D eigenvalue weighted by molar-refractivity contribution is -0.135. The van der Waals surface area contributed by atoms with Crippen LogP contribution in [0, 0.1) is 5.82 Å². The Hall–Kier alpha value is -2.78.